The van der Waals surface area contributed by atoms with Crippen LogP contribution < -0.4 is 5.43 Å². The minimum atomic E-state index is -1.17. The second-order valence-corrected chi connectivity index (χ2v) is 6.09. The zero-order chi connectivity index (χ0) is 19.8. The van der Waals surface area contributed by atoms with Gasteiger partial charge in [0.2, 0.25) is 5.43 Å². The molecule has 0 N–H and O–H groups in total. The van der Waals surface area contributed by atoms with Crippen LogP contribution in [0.25, 0.3) is 27.5 Å². The zero-order valence-electron chi connectivity index (χ0n) is 14.8. The molecule has 7 heteroatoms. The van der Waals surface area contributed by atoms with E-state index in [1.165, 1.54) is 10.8 Å². The Balaban J connectivity index is 2.15. The minimum absolute atomic E-state index is 0.0757. The predicted molar refractivity (Wildman–Crippen MR) is 101 cm³/mol. The van der Waals surface area contributed by atoms with E-state index in [2.05, 4.69) is 4.98 Å². The molecule has 0 saturated carbocycles. The van der Waals surface area contributed by atoms with E-state index >= 15 is 0 Å². The molecule has 0 saturated heterocycles. The smallest absolute Gasteiger partial charge is 0.343 e. The number of carbonyl (C=O) groups is 1. The number of carbonyl (C=O) groups excluding carboxylic acids is 1. The van der Waals surface area contributed by atoms with E-state index in [1.54, 1.807) is 37.4 Å². The number of hydrogen-bond acceptors (Lipinski definition) is 4. The van der Waals surface area contributed by atoms with Crippen LogP contribution in [0.5, 0.6) is 0 Å². The van der Waals surface area contributed by atoms with Crippen molar-refractivity contribution < 1.29 is 18.3 Å². The number of ether oxygens (including phenoxy) is 1. The van der Waals surface area contributed by atoms with E-state index in [9.17, 15) is 18.4 Å². The second kappa shape index (κ2) is 6.84. The van der Waals surface area contributed by atoms with Crippen molar-refractivity contribution >= 4 is 27.8 Å². The average Bonchev–Trinajstić information content (AvgIpc) is 2.70. The first-order valence-electron chi connectivity index (χ1n) is 8.57. The van der Waals surface area contributed by atoms with Gasteiger partial charge in [-0.05, 0) is 37.3 Å². The molecule has 0 atom stereocenters. The Labute approximate surface area is 157 Å². The maximum atomic E-state index is 14.0. The van der Waals surface area contributed by atoms with Crippen LogP contribution in [0.3, 0.4) is 0 Å². The van der Waals surface area contributed by atoms with Crippen LogP contribution in [0.1, 0.15) is 17.3 Å². The third-order valence-corrected chi connectivity index (χ3v) is 4.42. The number of esters is 1. The Kier molecular flexibility index (Phi) is 4.35. The highest BCUT2D eigenvalue weighted by molar-refractivity contribution is 5.96. The number of hydrogen-bond donors (Lipinski definition) is 0. The molecule has 2 heterocycles. The second-order valence-electron chi connectivity index (χ2n) is 6.09. The van der Waals surface area contributed by atoms with Gasteiger partial charge < -0.3 is 9.30 Å². The molecule has 0 aliphatic rings. The highest BCUT2D eigenvalue weighted by Gasteiger charge is 2.20. The standard InChI is InChI=1S/C21H14F2N2O3/c1-2-28-21(27)14-11-25(18-7-3-6-17-12(18)5-4-8-24-17)19-10-16(23)15(22)9-13(19)20(14)26/h3-11H,2H2,1H3. The molecule has 0 amide bonds. The highest BCUT2D eigenvalue weighted by Crippen LogP contribution is 2.26. The quantitative estimate of drug-likeness (QED) is 0.504. The van der Waals surface area contributed by atoms with Crippen molar-refractivity contribution in [2.24, 2.45) is 0 Å². The molecule has 2 aromatic heterocycles. The molecule has 2 aromatic carbocycles. The fraction of sp³-hybridized carbons (Fsp3) is 0.0952. The Morgan fingerprint density at radius 1 is 1.11 bits per heavy atom. The van der Waals surface area contributed by atoms with Crippen molar-refractivity contribution in [3.63, 3.8) is 0 Å². The summed E-state index contributed by atoms with van der Waals surface area (Å²) >= 11 is 0. The number of benzene rings is 2. The molecule has 0 fully saturated rings. The molecule has 0 unspecified atom stereocenters. The van der Waals surface area contributed by atoms with Crippen molar-refractivity contribution in [1.82, 2.24) is 9.55 Å². The lowest BCUT2D eigenvalue weighted by atomic mass is 10.1. The molecule has 4 rings (SSSR count). The van der Waals surface area contributed by atoms with Gasteiger partial charge in [0.05, 0.1) is 28.7 Å². The van der Waals surface area contributed by atoms with Gasteiger partial charge in [0.1, 0.15) is 5.56 Å². The number of rotatable bonds is 3. The lowest BCUT2D eigenvalue weighted by Gasteiger charge is -2.15. The fourth-order valence-corrected chi connectivity index (χ4v) is 3.17. The van der Waals surface area contributed by atoms with Crippen molar-refractivity contribution in [3.05, 3.63) is 82.3 Å². The van der Waals surface area contributed by atoms with Crippen molar-refractivity contribution in [2.75, 3.05) is 6.61 Å². The molecule has 0 radical (unpaired) electrons. The van der Waals surface area contributed by atoms with Crippen LogP contribution in [-0.4, -0.2) is 22.1 Å². The van der Waals surface area contributed by atoms with E-state index in [4.69, 9.17) is 4.74 Å². The summed E-state index contributed by atoms with van der Waals surface area (Å²) in [5, 5.41) is 0.597. The lowest BCUT2D eigenvalue weighted by molar-refractivity contribution is 0.0524. The molecule has 0 aliphatic carbocycles. The lowest BCUT2D eigenvalue weighted by Crippen LogP contribution is -2.21. The summed E-state index contributed by atoms with van der Waals surface area (Å²) in [4.78, 5) is 29.3. The largest absolute Gasteiger partial charge is 0.462 e. The van der Waals surface area contributed by atoms with E-state index in [0.29, 0.717) is 11.2 Å². The maximum absolute atomic E-state index is 14.0. The summed E-state index contributed by atoms with van der Waals surface area (Å²) in [6, 6.07) is 10.6. The number of pyridine rings is 2. The minimum Gasteiger partial charge on any atom is -0.462 e. The van der Waals surface area contributed by atoms with Crippen LogP contribution in [0, 0.1) is 11.6 Å². The first-order valence-corrected chi connectivity index (χ1v) is 8.57. The predicted octanol–water partition coefficient (Wildman–Crippen LogP) is 3.99. The van der Waals surface area contributed by atoms with Gasteiger partial charge in [0, 0.05) is 23.8 Å². The van der Waals surface area contributed by atoms with Gasteiger partial charge >= 0.3 is 5.97 Å². The fourth-order valence-electron chi connectivity index (χ4n) is 3.17. The van der Waals surface area contributed by atoms with E-state index in [1.807, 2.05) is 6.07 Å². The number of fused-ring (bicyclic) bond motifs is 2. The molecule has 4 aromatic rings. The molecular weight excluding hydrogens is 366 g/mol. The van der Waals surface area contributed by atoms with Crippen molar-refractivity contribution in [3.8, 4) is 5.69 Å². The molecule has 0 spiro atoms. The molecule has 5 nitrogen and oxygen atoms in total. The van der Waals surface area contributed by atoms with Crippen molar-refractivity contribution in [1.29, 1.82) is 0 Å². The Morgan fingerprint density at radius 2 is 1.89 bits per heavy atom. The topological polar surface area (TPSA) is 61.2 Å². The normalized spacial score (nSPS) is 11.1. The molecular formula is C21H14F2N2O3. The monoisotopic (exact) mass is 380 g/mol. The van der Waals surface area contributed by atoms with E-state index < -0.39 is 23.0 Å². The van der Waals surface area contributed by atoms with Crippen LogP contribution in [0.4, 0.5) is 8.78 Å². The summed E-state index contributed by atoms with van der Waals surface area (Å²) in [5.41, 5.74) is 0.385. The SMILES string of the molecule is CCOC(=O)c1cn(-c2cccc3ncccc23)c2cc(F)c(F)cc2c1=O. The van der Waals surface area contributed by atoms with Gasteiger partial charge in [-0.1, -0.05) is 6.07 Å². The summed E-state index contributed by atoms with van der Waals surface area (Å²) in [7, 11) is 0. The summed E-state index contributed by atoms with van der Waals surface area (Å²) < 4.78 is 34.3. The highest BCUT2D eigenvalue weighted by atomic mass is 19.2. The Morgan fingerprint density at radius 3 is 2.68 bits per heavy atom. The summed E-state index contributed by atoms with van der Waals surface area (Å²) in [6.45, 7) is 1.69. The van der Waals surface area contributed by atoms with Gasteiger partial charge in [-0.25, -0.2) is 13.6 Å². The average molecular weight is 380 g/mol. The summed E-state index contributed by atoms with van der Waals surface area (Å²) in [6.07, 6.45) is 2.93. The Bertz CT molecular complexity index is 1290. The van der Waals surface area contributed by atoms with Gasteiger partial charge in [0.25, 0.3) is 0 Å². The zero-order valence-corrected chi connectivity index (χ0v) is 14.8. The number of halogens is 2. The van der Waals surface area contributed by atoms with Gasteiger partial charge in [-0.15, -0.1) is 0 Å². The first kappa shape index (κ1) is 17.8. The van der Waals surface area contributed by atoms with Gasteiger partial charge in [0.15, 0.2) is 11.6 Å². The summed E-state index contributed by atoms with van der Waals surface area (Å²) in [5.74, 6) is -3.09. The van der Waals surface area contributed by atoms with E-state index in [0.717, 1.165) is 17.5 Å². The first-order chi connectivity index (χ1) is 13.5. The van der Waals surface area contributed by atoms with Crippen LogP contribution in [0.2, 0.25) is 0 Å². The van der Waals surface area contributed by atoms with Gasteiger partial charge in [-0.3, -0.25) is 9.78 Å². The number of nitrogens with zero attached hydrogens (tertiary/aromatic N) is 2. The van der Waals surface area contributed by atoms with Crippen LogP contribution >= 0.6 is 0 Å². The molecule has 0 bridgehead atoms. The molecule has 140 valence electrons. The molecule has 28 heavy (non-hydrogen) atoms. The van der Waals surface area contributed by atoms with Crippen LogP contribution in [0.15, 0.2) is 59.7 Å². The third kappa shape index (κ3) is 2.81. The van der Waals surface area contributed by atoms with Crippen LogP contribution in [-0.2, 0) is 4.74 Å². The molecule has 0 aliphatic heterocycles. The Hall–Kier alpha value is -3.61. The van der Waals surface area contributed by atoms with Gasteiger partial charge in [-0.2, -0.15) is 0 Å². The third-order valence-electron chi connectivity index (χ3n) is 4.42. The number of aromatic nitrogens is 2. The maximum Gasteiger partial charge on any atom is 0.343 e. The van der Waals surface area contributed by atoms with E-state index in [-0.39, 0.29) is 23.1 Å². The van der Waals surface area contributed by atoms with Crippen molar-refractivity contribution in [2.45, 2.75) is 6.92 Å².